The second-order valence-electron chi connectivity index (χ2n) is 3.83. The molecule has 0 amide bonds. The van der Waals surface area contributed by atoms with E-state index >= 15 is 0 Å². The molecule has 0 radical (unpaired) electrons. The number of nitrogens with one attached hydrogen (secondary N) is 1. The molecule has 1 fully saturated rings. The number of aromatic nitrogens is 3. The molecule has 0 saturated carbocycles. The fourth-order valence-electron chi connectivity index (χ4n) is 1.88. The first-order chi connectivity index (χ1) is 7.93. The topological polar surface area (TPSA) is 63.8 Å². The molecule has 1 saturated heterocycles. The smallest absolute Gasteiger partial charge is 0.247 e. The van der Waals surface area contributed by atoms with Gasteiger partial charge in [-0.3, -0.25) is 4.98 Å². The van der Waals surface area contributed by atoms with Crippen molar-refractivity contribution in [3.63, 3.8) is 0 Å². The molecule has 0 bridgehead atoms. The van der Waals surface area contributed by atoms with Gasteiger partial charge < -0.3 is 9.73 Å². The van der Waals surface area contributed by atoms with Gasteiger partial charge in [0.1, 0.15) is 0 Å². The molecule has 1 aliphatic heterocycles. The number of pyridine rings is 1. The summed E-state index contributed by atoms with van der Waals surface area (Å²) >= 11 is 0. The Bertz CT molecular complexity index is 462. The predicted molar refractivity (Wildman–Crippen MR) is 57.5 cm³/mol. The Hall–Kier alpha value is -1.75. The number of hydrogen-bond donors (Lipinski definition) is 1. The predicted octanol–water partition coefficient (Wildman–Crippen LogP) is 1.56. The number of hydrogen-bond acceptors (Lipinski definition) is 5. The summed E-state index contributed by atoms with van der Waals surface area (Å²) in [6, 6.07) is 3.95. The maximum absolute atomic E-state index is 5.64. The van der Waals surface area contributed by atoms with Crippen molar-refractivity contribution in [3.8, 4) is 11.5 Å². The monoisotopic (exact) mass is 216 g/mol. The van der Waals surface area contributed by atoms with Gasteiger partial charge in [0.05, 0.1) is 6.04 Å². The van der Waals surface area contributed by atoms with Gasteiger partial charge in [-0.2, -0.15) is 0 Å². The molecule has 0 spiro atoms. The summed E-state index contributed by atoms with van der Waals surface area (Å²) in [7, 11) is 0. The first-order valence-corrected chi connectivity index (χ1v) is 5.41. The minimum absolute atomic E-state index is 0.225. The minimum atomic E-state index is 0.225. The van der Waals surface area contributed by atoms with E-state index in [0.29, 0.717) is 11.8 Å². The van der Waals surface area contributed by atoms with Crippen LogP contribution in [-0.2, 0) is 0 Å². The van der Waals surface area contributed by atoms with Crippen molar-refractivity contribution >= 4 is 0 Å². The van der Waals surface area contributed by atoms with Crippen LogP contribution in [0.1, 0.15) is 24.8 Å². The fourth-order valence-corrected chi connectivity index (χ4v) is 1.88. The average molecular weight is 216 g/mol. The molecule has 3 heterocycles. The Labute approximate surface area is 92.9 Å². The zero-order chi connectivity index (χ0) is 10.8. The molecular weight excluding hydrogens is 204 g/mol. The minimum Gasteiger partial charge on any atom is -0.419 e. The van der Waals surface area contributed by atoms with E-state index < -0.39 is 0 Å². The third-order valence-electron chi connectivity index (χ3n) is 2.73. The first-order valence-electron chi connectivity index (χ1n) is 5.41. The van der Waals surface area contributed by atoms with Crippen LogP contribution in [0.4, 0.5) is 0 Å². The van der Waals surface area contributed by atoms with Crippen LogP contribution < -0.4 is 5.32 Å². The first kappa shape index (κ1) is 9.47. The Morgan fingerprint density at radius 1 is 1.25 bits per heavy atom. The highest BCUT2D eigenvalue weighted by Crippen LogP contribution is 2.24. The fraction of sp³-hybridized carbons (Fsp3) is 0.364. The summed E-state index contributed by atoms with van der Waals surface area (Å²) in [6.45, 7) is 1.03. The third kappa shape index (κ3) is 1.69. The van der Waals surface area contributed by atoms with E-state index in [1.54, 1.807) is 12.4 Å². The quantitative estimate of drug-likeness (QED) is 0.825. The highest BCUT2D eigenvalue weighted by Gasteiger charge is 2.22. The number of nitrogens with zero attached hydrogens (tertiary/aromatic N) is 3. The lowest BCUT2D eigenvalue weighted by atomic mass is 10.2. The van der Waals surface area contributed by atoms with E-state index in [1.807, 2.05) is 12.1 Å². The van der Waals surface area contributed by atoms with Crippen molar-refractivity contribution in [3.05, 3.63) is 30.4 Å². The molecule has 5 heteroatoms. The third-order valence-corrected chi connectivity index (χ3v) is 2.73. The van der Waals surface area contributed by atoms with E-state index in [1.165, 1.54) is 0 Å². The molecule has 0 aliphatic carbocycles. The van der Waals surface area contributed by atoms with Crippen molar-refractivity contribution in [2.45, 2.75) is 18.9 Å². The average Bonchev–Trinajstić information content (AvgIpc) is 3.01. The van der Waals surface area contributed by atoms with E-state index in [9.17, 15) is 0 Å². The van der Waals surface area contributed by atoms with Crippen LogP contribution in [0, 0.1) is 0 Å². The number of rotatable bonds is 2. The molecule has 5 nitrogen and oxygen atoms in total. The summed E-state index contributed by atoms with van der Waals surface area (Å²) < 4.78 is 5.64. The molecular formula is C11H12N4O. The van der Waals surface area contributed by atoms with Crippen molar-refractivity contribution in [1.82, 2.24) is 20.5 Å². The lowest BCUT2D eigenvalue weighted by Crippen LogP contribution is -2.12. The maximum atomic E-state index is 5.64. The van der Waals surface area contributed by atoms with Crippen molar-refractivity contribution in [1.29, 1.82) is 0 Å². The van der Waals surface area contributed by atoms with Gasteiger partial charge in [0.25, 0.3) is 0 Å². The summed E-state index contributed by atoms with van der Waals surface area (Å²) in [6.07, 6.45) is 5.66. The van der Waals surface area contributed by atoms with Gasteiger partial charge in [0, 0.05) is 18.0 Å². The summed E-state index contributed by atoms with van der Waals surface area (Å²) in [5.41, 5.74) is 0.909. The molecule has 0 aromatic carbocycles. The molecule has 1 N–H and O–H groups in total. The van der Waals surface area contributed by atoms with Crippen LogP contribution in [0.5, 0.6) is 0 Å². The Balaban J connectivity index is 1.87. The van der Waals surface area contributed by atoms with E-state index in [-0.39, 0.29) is 6.04 Å². The van der Waals surface area contributed by atoms with E-state index in [2.05, 4.69) is 20.5 Å². The second kappa shape index (κ2) is 4.02. The van der Waals surface area contributed by atoms with Crippen LogP contribution in [0.25, 0.3) is 11.5 Å². The lowest BCUT2D eigenvalue weighted by Gasteiger charge is -2.02. The van der Waals surface area contributed by atoms with Crippen LogP contribution in [0.15, 0.2) is 28.9 Å². The zero-order valence-electron chi connectivity index (χ0n) is 8.76. The molecule has 82 valence electrons. The van der Waals surface area contributed by atoms with Crippen LogP contribution in [0.3, 0.4) is 0 Å². The second-order valence-corrected chi connectivity index (χ2v) is 3.83. The van der Waals surface area contributed by atoms with Crippen LogP contribution >= 0.6 is 0 Å². The van der Waals surface area contributed by atoms with Gasteiger partial charge in [0.2, 0.25) is 11.8 Å². The highest BCUT2D eigenvalue weighted by molar-refractivity contribution is 5.50. The van der Waals surface area contributed by atoms with Crippen LogP contribution in [0.2, 0.25) is 0 Å². The van der Waals surface area contributed by atoms with E-state index in [4.69, 9.17) is 4.42 Å². The van der Waals surface area contributed by atoms with Gasteiger partial charge in [-0.05, 0) is 31.5 Å². The summed E-state index contributed by atoms with van der Waals surface area (Å²) in [4.78, 5) is 3.95. The van der Waals surface area contributed by atoms with Gasteiger partial charge in [-0.25, -0.2) is 0 Å². The molecule has 2 aromatic rings. The normalized spacial score (nSPS) is 20.1. The molecule has 2 aromatic heterocycles. The molecule has 1 unspecified atom stereocenters. The Morgan fingerprint density at radius 3 is 2.88 bits per heavy atom. The Kier molecular flexibility index (Phi) is 2.38. The largest absolute Gasteiger partial charge is 0.419 e. The SMILES string of the molecule is c1cc(-c2nnc(C3CCCN3)o2)ccn1. The molecule has 3 rings (SSSR count). The van der Waals surface area contributed by atoms with E-state index in [0.717, 1.165) is 24.9 Å². The summed E-state index contributed by atoms with van der Waals surface area (Å²) in [5, 5.41) is 11.5. The van der Waals surface area contributed by atoms with Crippen molar-refractivity contribution in [2.75, 3.05) is 6.54 Å². The lowest BCUT2D eigenvalue weighted by molar-refractivity contribution is 0.437. The van der Waals surface area contributed by atoms with Crippen molar-refractivity contribution < 1.29 is 4.42 Å². The van der Waals surface area contributed by atoms with Gasteiger partial charge >= 0.3 is 0 Å². The van der Waals surface area contributed by atoms with Gasteiger partial charge in [-0.15, -0.1) is 10.2 Å². The van der Waals surface area contributed by atoms with Gasteiger partial charge in [0.15, 0.2) is 0 Å². The zero-order valence-corrected chi connectivity index (χ0v) is 8.76. The van der Waals surface area contributed by atoms with Crippen LogP contribution in [-0.4, -0.2) is 21.7 Å². The summed E-state index contributed by atoms with van der Waals surface area (Å²) in [5.74, 6) is 1.25. The highest BCUT2D eigenvalue weighted by atomic mass is 16.4. The molecule has 1 atom stereocenters. The van der Waals surface area contributed by atoms with Gasteiger partial charge in [-0.1, -0.05) is 0 Å². The maximum Gasteiger partial charge on any atom is 0.247 e. The molecule has 1 aliphatic rings. The Morgan fingerprint density at radius 2 is 2.12 bits per heavy atom. The van der Waals surface area contributed by atoms with Crippen molar-refractivity contribution in [2.24, 2.45) is 0 Å². The molecule has 16 heavy (non-hydrogen) atoms. The standard InChI is InChI=1S/C11H12N4O/c1-2-9(13-5-1)11-15-14-10(16-11)8-3-6-12-7-4-8/h3-4,6-7,9,13H,1-2,5H2.